The van der Waals surface area contributed by atoms with E-state index in [4.69, 9.17) is 9.47 Å². The highest BCUT2D eigenvalue weighted by molar-refractivity contribution is 5.73. The number of nitrogens with zero attached hydrogens (tertiary/aromatic N) is 2. The third-order valence-electron chi connectivity index (χ3n) is 5.41. The fraction of sp³-hybridized carbons (Fsp3) is 0.240. The van der Waals surface area contributed by atoms with Gasteiger partial charge in [-0.05, 0) is 42.8 Å². The van der Waals surface area contributed by atoms with Crippen molar-refractivity contribution in [3.63, 3.8) is 0 Å². The number of aldehydes is 1. The summed E-state index contributed by atoms with van der Waals surface area (Å²) in [5, 5.41) is 10.8. The largest absolute Gasteiger partial charge is 0.494 e. The average Bonchev–Trinajstić information content (AvgIpc) is 2.91. The Morgan fingerprint density at radius 2 is 1.36 bits per heavy atom. The van der Waals surface area contributed by atoms with Gasteiger partial charge < -0.3 is 30.0 Å². The van der Waals surface area contributed by atoms with E-state index in [-0.39, 0.29) is 5.69 Å². The Bertz CT molecular complexity index is 1150. The first-order valence-electron chi connectivity index (χ1n) is 11.2. The molecule has 0 amide bonds. The summed E-state index contributed by atoms with van der Waals surface area (Å²) in [4.78, 5) is 23.0. The number of benzene rings is 3. The van der Waals surface area contributed by atoms with Gasteiger partial charge >= 0.3 is 0 Å². The molecule has 0 spiro atoms. The fourth-order valence-corrected chi connectivity index (χ4v) is 3.38. The first kappa shape index (κ1) is 25.9. The Balaban J connectivity index is 1.64. The van der Waals surface area contributed by atoms with Crippen molar-refractivity contribution in [3.8, 4) is 11.5 Å². The average molecular weight is 495 g/mol. The number of hydrazine groups is 2. The zero-order chi connectivity index (χ0) is 25.9. The van der Waals surface area contributed by atoms with E-state index in [1.165, 1.54) is 12.1 Å². The minimum atomic E-state index is -0.449. The van der Waals surface area contributed by atoms with Gasteiger partial charge in [-0.3, -0.25) is 21.0 Å². The molecule has 3 rings (SSSR count). The van der Waals surface area contributed by atoms with E-state index in [9.17, 15) is 14.9 Å². The van der Waals surface area contributed by atoms with Crippen molar-refractivity contribution in [2.75, 3.05) is 54.4 Å². The number of hydrogen-bond donors (Lipinski definition) is 4. The van der Waals surface area contributed by atoms with Crippen LogP contribution < -0.4 is 36.1 Å². The number of non-ortho nitro benzene ring substituents is 1. The van der Waals surface area contributed by atoms with Crippen LogP contribution in [0.5, 0.6) is 11.5 Å². The Morgan fingerprint density at radius 3 is 1.81 bits per heavy atom. The van der Waals surface area contributed by atoms with Crippen LogP contribution in [-0.2, 0) is 4.79 Å². The quantitative estimate of drug-likeness (QED) is 0.106. The predicted octanol–water partition coefficient (Wildman–Crippen LogP) is 4.91. The molecule has 0 unspecified atom stereocenters. The number of carbonyl (C=O) groups excluding carboxylic acids is 1. The molecule has 11 heteroatoms. The highest BCUT2D eigenvalue weighted by Gasteiger charge is 2.12. The van der Waals surface area contributed by atoms with Gasteiger partial charge in [0.15, 0.2) is 0 Å². The summed E-state index contributed by atoms with van der Waals surface area (Å²) in [6.07, 6.45) is 2.31. The van der Waals surface area contributed by atoms with E-state index in [2.05, 4.69) is 26.6 Å². The molecule has 4 N–H and O–H groups in total. The first-order chi connectivity index (χ1) is 17.4. The molecule has 0 saturated carbocycles. The summed E-state index contributed by atoms with van der Waals surface area (Å²) in [6.45, 7) is 0.806. The predicted molar refractivity (Wildman–Crippen MR) is 142 cm³/mol. The van der Waals surface area contributed by atoms with Gasteiger partial charge in [0.1, 0.15) is 17.8 Å². The second-order valence-corrected chi connectivity index (χ2v) is 7.83. The molecule has 0 aliphatic rings. The van der Waals surface area contributed by atoms with Gasteiger partial charge in [-0.2, -0.15) is 0 Å². The summed E-state index contributed by atoms with van der Waals surface area (Å²) in [6, 6.07) is 17.5. The number of nitro benzene ring substituents is 1. The van der Waals surface area contributed by atoms with E-state index >= 15 is 0 Å². The van der Waals surface area contributed by atoms with Gasteiger partial charge in [-0.15, -0.1) is 0 Å². The van der Waals surface area contributed by atoms with Crippen LogP contribution in [0, 0.1) is 10.1 Å². The van der Waals surface area contributed by atoms with Crippen LogP contribution in [0.25, 0.3) is 0 Å². The Hall–Kier alpha value is -4.67. The normalized spacial score (nSPS) is 10.2. The van der Waals surface area contributed by atoms with Gasteiger partial charge in [0.25, 0.3) is 5.69 Å². The molecule has 3 aromatic rings. The van der Waals surface area contributed by atoms with Crippen molar-refractivity contribution < 1.29 is 19.2 Å². The Morgan fingerprint density at radius 1 is 0.861 bits per heavy atom. The number of ether oxygens (including phenoxy) is 2. The second-order valence-electron chi connectivity index (χ2n) is 7.83. The molecule has 3 aromatic carbocycles. The number of unbranched alkanes of at least 4 members (excludes halogenated alkanes) is 1. The van der Waals surface area contributed by atoms with Crippen molar-refractivity contribution in [2.45, 2.75) is 12.8 Å². The molecule has 0 aliphatic heterocycles. The molecule has 0 heterocycles. The van der Waals surface area contributed by atoms with E-state index in [0.717, 1.165) is 30.6 Å². The molecule has 0 aliphatic carbocycles. The van der Waals surface area contributed by atoms with Crippen molar-refractivity contribution in [1.82, 2.24) is 0 Å². The lowest BCUT2D eigenvalue weighted by atomic mass is 10.2. The minimum Gasteiger partial charge on any atom is -0.494 e. The molecule has 0 aromatic heterocycles. The standard InChI is InChI=1S/C25H30N6O5/c1-30(14-4-5-15-32)20-10-6-18(7-11-20)26-28-22-16-25(36-3)23(17-24(22)35-2)29-27-19-8-12-21(13-9-19)31(33)34/h6-13,15-17,26-29H,4-5,14H2,1-3H3. The number of anilines is 5. The van der Waals surface area contributed by atoms with Gasteiger partial charge in [0, 0.05) is 50.0 Å². The lowest BCUT2D eigenvalue weighted by Gasteiger charge is -2.20. The smallest absolute Gasteiger partial charge is 0.269 e. The SMILES string of the molecule is COc1cc(NNc2ccc([N+](=O)[O-])cc2)c(OC)cc1NNc1ccc(N(C)CCCC=O)cc1. The molecule has 0 radical (unpaired) electrons. The Labute approximate surface area is 209 Å². The van der Waals surface area contributed by atoms with Crippen LogP contribution >= 0.6 is 0 Å². The van der Waals surface area contributed by atoms with Crippen LogP contribution in [-0.4, -0.2) is 39.0 Å². The van der Waals surface area contributed by atoms with Gasteiger partial charge in [0.2, 0.25) is 0 Å². The summed E-state index contributed by atoms with van der Waals surface area (Å²) >= 11 is 0. The maximum Gasteiger partial charge on any atom is 0.269 e. The summed E-state index contributed by atoms with van der Waals surface area (Å²) in [7, 11) is 5.12. The monoisotopic (exact) mass is 494 g/mol. The molecule has 36 heavy (non-hydrogen) atoms. The number of carbonyl (C=O) groups is 1. The van der Waals surface area contributed by atoms with Crippen LogP contribution in [0.15, 0.2) is 60.7 Å². The van der Waals surface area contributed by atoms with Crippen LogP contribution in [0.1, 0.15) is 12.8 Å². The van der Waals surface area contributed by atoms with E-state index < -0.39 is 4.92 Å². The van der Waals surface area contributed by atoms with Crippen molar-refractivity contribution in [1.29, 1.82) is 0 Å². The highest BCUT2D eigenvalue weighted by Crippen LogP contribution is 2.36. The zero-order valence-corrected chi connectivity index (χ0v) is 20.4. The van der Waals surface area contributed by atoms with Crippen molar-refractivity contribution >= 4 is 40.4 Å². The lowest BCUT2D eigenvalue weighted by Crippen LogP contribution is -2.18. The summed E-state index contributed by atoms with van der Waals surface area (Å²) < 4.78 is 11.0. The van der Waals surface area contributed by atoms with E-state index in [0.29, 0.717) is 35.0 Å². The third-order valence-corrected chi connectivity index (χ3v) is 5.41. The van der Waals surface area contributed by atoms with Crippen molar-refractivity contribution in [2.24, 2.45) is 0 Å². The van der Waals surface area contributed by atoms with Gasteiger partial charge in [0.05, 0.1) is 41.9 Å². The highest BCUT2D eigenvalue weighted by atomic mass is 16.6. The number of methoxy groups -OCH3 is 2. The zero-order valence-electron chi connectivity index (χ0n) is 20.4. The Kier molecular flexibility index (Phi) is 9.15. The van der Waals surface area contributed by atoms with E-state index in [1.54, 1.807) is 38.5 Å². The van der Waals surface area contributed by atoms with E-state index in [1.807, 2.05) is 31.3 Å². The van der Waals surface area contributed by atoms with Gasteiger partial charge in [-0.25, -0.2) is 0 Å². The molecule has 11 nitrogen and oxygen atoms in total. The fourth-order valence-electron chi connectivity index (χ4n) is 3.38. The maximum atomic E-state index is 10.8. The molecule has 0 saturated heterocycles. The molecule has 0 fully saturated rings. The number of nitro groups is 1. The number of nitrogens with one attached hydrogen (secondary N) is 4. The maximum absolute atomic E-state index is 10.8. The van der Waals surface area contributed by atoms with Crippen LogP contribution in [0.3, 0.4) is 0 Å². The molecule has 190 valence electrons. The van der Waals surface area contributed by atoms with Crippen LogP contribution in [0.4, 0.5) is 34.1 Å². The van der Waals surface area contributed by atoms with Crippen molar-refractivity contribution in [3.05, 3.63) is 70.8 Å². The number of rotatable bonds is 14. The molecular weight excluding hydrogens is 464 g/mol. The second kappa shape index (κ2) is 12.7. The molecular formula is C25H30N6O5. The molecule has 0 atom stereocenters. The third kappa shape index (κ3) is 6.92. The first-order valence-corrected chi connectivity index (χ1v) is 11.2. The molecule has 0 bridgehead atoms. The number of hydrogen-bond acceptors (Lipinski definition) is 10. The summed E-state index contributed by atoms with van der Waals surface area (Å²) in [5.74, 6) is 1.10. The lowest BCUT2D eigenvalue weighted by molar-refractivity contribution is -0.384. The van der Waals surface area contributed by atoms with Gasteiger partial charge in [-0.1, -0.05) is 0 Å². The topological polar surface area (TPSA) is 130 Å². The summed E-state index contributed by atoms with van der Waals surface area (Å²) in [5.41, 5.74) is 16.2. The van der Waals surface area contributed by atoms with Crippen LogP contribution in [0.2, 0.25) is 0 Å². The minimum absolute atomic E-state index is 0.0129.